The summed E-state index contributed by atoms with van der Waals surface area (Å²) in [6.07, 6.45) is 0. The van der Waals surface area contributed by atoms with Gasteiger partial charge in [0.1, 0.15) is 5.82 Å². The van der Waals surface area contributed by atoms with Gasteiger partial charge in [0.2, 0.25) is 10.0 Å². The van der Waals surface area contributed by atoms with Crippen LogP contribution in [0.1, 0.15) is 31.1 Å². The van der Waals surface area contributed by atoms with Crippen LogP contribution >= 0.6 is 0 Å². The Morgan fingerprint density at radius 3 is 2.52 bits per heavy atom. The first-order chi connectivity index (χ1) is 9.57. The van der Waals surface area contributed by atoms with Crippen LogP contribution in [0.15, 0.2) is 23.1 Å². The highest BCUT2D eigenvalue weighted by atomic mass is 32.2. The molecule has 0 aliphatic carbocycles. The first-order valence-corrected chi connectivity index (χ1v) is 7.86. The largest absolute Gasteiger partial charge is 0.374 e. The van der Waals surface area contributed by atoms with Gasteiger partial charge in [-0.3, -0.25) is 4.79 Å². The lowest BCUT2D eigenvalue weighted by Crippen LogP contribution is -2.40. The SMILES string of the molecule is CCOC(C)(C)CNC(=O)c1ccc(S(N)(=O)=O)cc1F. The summed E-state index contributed by atoms with van der Waals surface area (Å²) in [5.74, 6) is -1.60. The monoisotopic (exact) mass is 318 g/mol. The smallest absolute Gasteiger partial charge is 0.254 e. The molecule has 118 valence electrons. The summed E-state index contributed by atoms with van der Waals surface area (Å²) in [5, 5.41) is 7.43. The summed E-state index contributed by atoms with van der Waals surface area (Å²) in [4.78, 5) is 11.5. The normalized spacial score (nSPS) is 12.2. The molecule has 8 heteroatoms. The molecule has 0 atom stereocenters. The molecule has 0 aliphatic rings. The topological polar surface area (TPSA) is 98.5 Å². The quantitative estimate of drug-likeness (QED) is 0.818. The van der Waals surface area contributed by atoms with E-state index in [0.29, 0.717) is 6.61 Å². The average molecular weight is 318 g/mol. The maximum absolute atomic E-state index is 13.8. The number of carbonyl (C=O) groups excluding carboxylic acids is 1. The zero-order chi connectivity index (χ0) is 16.3. The lowest BCUT2D eigenvalue weighted by atomic mass is 10.1. The fourth-order valence-electron chi connectivity index (χ4n) is 1.69. The Kier molecular flexibility index (Phi) is 5.43. The molecule has 0 aromatic heterocycles. The van der Waals surface area contributed by atoms with E-state index in [1.807, 2.05) is 6.92 Å². The number of rotatable bonds is 6. The number of halogens is 1. The Balaban J connectivity index is 2.85. The minimum Gasteiger partial charge on any atom is -0.374 e. The van der Waals surface area contributed by atoms with E-state index in [-0.39, 0.29) is 17.0 Å². The summed E-state index contributed by atoms with van der Waals surface area (Å²) >= 11 is 0. The summed E-state index contributed by atoms with van der Waals surface area (Å²) in [5.41, 5.74) is -0.837. The van der Waals surface area contributed by atoms with Gasteiger partial charge in [-0.2, -0.15) is 0 Å². The van der Waals surface area contributed by atoms with Gasteiger partial charge < -0.3 is 10.1 Å². The highest BCUT2D eigenvalue weighted by Crippen LogP contribution is 2.14. The zero-order valence-electron chi connectivity index (χ0n) is 12.1. The van der Waals surface area contributed by atoms with Gasteiger partial charge in [-0.15, -0.1) is 0 Å². The van der Waals surface area contributed by atoms with Crippen LogP contribution in [-0.2, 0) is 14.8 Å². The third-order valence-corrected chi connectivity index (χ3v) is 3.63. The summed E-state index contributed by atoms with van der Waals surface area (Å²) in [7, 11) is -4.00. The minimum absolute atomic E-state index is 0.191. The van der Waals surface area contributed by atoms with Crippen LogP contribution in [0.2, 0.25) is 0 Å². The lowest BCUT2D eigenvalue weighted by Gasteiger charge is -2.24. The Hall–Kier alpha value is -1.51. The Morgan fingerprint density at radius 1 is 1.43 bits per heavy atom. The molecule has 3 N–H and O–H groups in total. The number of nitrogens with two attached hydrogens (primary N) is 1. The van der Waals surface area contributed by atoms with E-state index in [1.165, 1.54) is 0 Å². The molecular formula is C13H19FN2O4S. The lowest BCUT2D eigenvalue weighted by molar-refractivity contribution is -0.00818. The predicted molar refractivity (Wildman–Crippen MR) is 75.8 cm³/mol. The molecule has 0 aliphatic heterocycles. The first-order valence-electron chi connectivity index (χ1n) is 6.31. The van der Waals surface area contributed by atoms with Gasteiger partial charge >= 0.3 is 0 Å². The molecule has 0 fully saturated rings. The predicted octanol–water partition coefficient (Wildman–Crippen LogP) is 1.02. The molecule has 1 rings (SSSR count). The first kappa shape index (κ1) is 17.5. The zero-order valence-corrected chi connectivity index (χ0v) is 13.0. The number of sulfonamides is 1. The van der Waals surface area contributed by atoms with Gasteiger partial charge in [-0.25, -0.2) is 17.9 Å². The van der Waals surface area contributed by atoms with Crippen molar-refractivity contribution in [2.24, 2.45) is 5.14 Å². The van der Waals surface area contributed by atoms with Gasteiger partial charge in [-0.1, -0.05) is 0 Å². The molecule has 0 saturated carbocycles. The summed E-state index contributed by atoms with van der Waals surface area (Å²) in [6, 6.07) is 2.89. The van der Waals surface area contributed by atoms with Crippen molar-refractivity contribution in [2.75, 3.05) is 13.2 Å². The van der Waals surface area contributed by atoms with E-state index in [4.69, 9.17) is 9.88 Å². The maximum atomic E-state index is 13.8. The summed E-state index contributed by atoms with van der Waals surface area (Å²) in [6.45, 7) is 6.08. The van der Waals surface area contributed by atoms with Gasteiger partial charge in [0.05, 0.1) is 16.1 Å². The van der Waals surface area contributed by atoms with E-state index < -0.39 is 27.3 Å². The minimum atomic E-state index is -4.00. The third-order valence-electron chi connectivity index (χ3n) is 2.72. The van der Waals surface area contributed by atoms with E-state index in [9.17, 15) is 17.6 Å². The van der Waals surface area contributed by atoms with Crippen molar-refractivity contribution in [2.45, 2.75) is 31.3 Å². The van der Waals surface area contributed by atoms with E-state index >= 15 is 0 Å². The van der Waals surface area contributed by atoms with Crippen molar-refractivity contribution in [3.05, 3.63) is 29.6 Å². The number of primary sulfonamides is 1. The number of nitrogens with one attached hydrogen (secondary N) is 1. The second-order valence-corrected chi connectivity index (χ2v) is 6.62. The van der Waals surface area contributed by atoms with Gasteiger partial charge in [-0.05, 0) is 39.0 Å². The number of carbonyl (C=O) groups is 1. The van der Waals surface area contributed by atoms with Crippen molar-refractivity contribution < 1.29 is 22.3 Å². The van der Waals surface area contributed by atoms with Crippen molar-refractivity contribution in [3.63, 3.8) is 0 Å². The Bertz CT molecular complexity index is 629. The molecule has 6 nitrogen and oxygen atoms in total. The highest BCUT2D eigenvalue weighted by Gasteiger charge is 2.21. The number of ether oxygens (including phenoxy) is 1. The second kappa shape index (κ2) is 6.50. The number of amides is 1. The molecule has 1 aromatic rings. The molecule has 0 heterocycles. The van der Waals surface area contributed by atoms with Crippen molar-refractivity contribution in [1.82, 2.24) is 5.32 Å². The van der Waals surface area contributed by atoms with Crippen LogP contribution in [0.4, 0.5) is 4.39 Å². The molecule has 1 amide bonds. The standard InChI is InChI=1S/C13H19FN2O4S/c1-4-20-13(2,3)8-16-12(17)10-6-5-9(7-11(10)14)21(15,18)19/h5-7H,4,8H2,1-3H3,(H,16,17)(H2,15,18,19). The number of hydrogen-bond donors (Lipinski definition) is 2. The molecule has 0 radical (unpaired) electrons. The van der Waals surface area contributed by atoms with Crippen molar-refractivity contribution in [3.8, 4) is 0 Å². The molecule has 0 spiro atoms. The van der Waals surface area contributed by atoms with Crippen LogP contribution in [0, 0.1) is 5.82 Å². The van der Waals surface area contributed by atoms with Crippen molar-refractivity contribution in [1.29, 1.82) is 0 Å². The second-order valence-electron chi connectivity index (χ2n) is 5.06. The van der Waals surface area contributed by atoms with Crippen LogP contribution in [0.5, 0.6) is 0 Å². The van der Waals surface area contributed by atoms with Crippen LogP contribution < -0.4 is 10.5 Å². The maximum Gasteiger partial charge on any atom is 0.254 e. The van der Waals surface area contributed by atoms with Crippen LogP contribution in [-0.4, -0.2) is 33.1 Å². The number of benzene rings is 1. The Labute approximate surface area is 123 Å². The van der Waals surface area contributed by atoms with Gasteiger partial charge in [0.25, 0.3) is 5.91 Å². The number of hydrogen-bond acceptors (Lipinski definition) is 4. The van der Waals surface area contributed by atoms with E-state index in [0.717, 1.165) is 18.2 Å². The van der Waals surface area contributed by atoms with Crippen molar-refractivity contribution >= 4 is 15.9 Å². The summed E-state index contributed by atoms with van der Waals surface area (Å²) < 4.78 is 41.4. The fraction of sp³-hybridized carbons (Fsp3) is 0.462. The van der Waals surface area contributed by atoms with Crippen LogP contribution in [0.25, 0.3) is 0 Å². The molecule has 0 unspecified atom stereocenters. The van der Waals surface area contributed by atoms with E-state index in [2.05, 4.69) is 5.32 Å². The highest BCUT2D eigenvalue weighted by molar-refractivity contribution is 7.89. The molecule has 0 bridgehead atoms. The van der Waals surface area contributed by atoms with Crippen LogP contribution in [0.3, 0.4) is 0 Å². The fourth-order valence-corrected chi connectivity index (χ4v) is 2.21. The van der Waals surface area contributed by atoms with E-state index in [1.54, 1.807) is 13.8 Å². The molecule has 0 saturated heterocycles. The van der Waals surface area contributed by atoms with Gasteiger partial charge in [0.15, 0.2) is 0 Å². The van der Waals surface area contributed by atoms with Gasteiger partial charge in [0, 0.05) is 13.2 Å². The molecule has 21 heavy (non-hydrogen) atoms. The average Bonchev–Trinajstić information content (AvgIpc) is 2.35. The molecular weight excluding hydrogens is 299 g/mol. The third kappa shape index (κ3) is 5.07. The Morgan fingerprint density at radius 2 is 2.05 bits per heavy atom. The molecule has 1 aromatic carbocycles.